The summed E-state index contributed by atoms with van der Waals surface area (Å²) in [4.78, 5) is 18.4. The zero-order valence-corrected chi connectivity index (χ0v) is 20.4. The van der Waals surface area contributed by atoms with Gasteiger partial charge in [0, 0.05) is 43.8 Å². The Morgan fingerprint density at radius 1 is 1.13 bits per heavy atom. The molecule has 0 bridgehead atoms. The number of pyridine rings is 1. The SMILES string of the molecule is CN1CC[C@@](O)(c2cc(-c3cccc(-c4cc(C(F)(F)F)c5cnn(C6CCCCO6)c5n4)c3)no2)C1=O. The molecule has 0 saturated carbocycles. The van der Waals surface area contributed by atoms with Crippen LogP contribution < -0.4 is 0 Å². The highest BCUT2D eigenvalue weighted by Crippen LogP contribution is 2.39. The summed E-state index contributed by atoms with van der Waals surface area (Å²) in [6.07, 6.45) is -1.33. The van der Waals surface area contributed by atoms with Crippen LogP contribution in [-0.2, 0) is 21.3 Å². The van der Waals surface area contributed by atoms with Crippen LogP contribution in [-0.4, -0.2) is 56.0 Å². The predicted molar refractivity (Wildman–Crippen MR) is 128 cm³/mol. The van der Waals surface area contributed by atoms with E-state index in [-0.39, 0.29) is 28.9 Å². The molecule has 5 heterocycles. The molecule has 1 unspecified atom stereocenters. The van der Waals surface area contributed by atoms with Gasteiger partial charge in [0.2, 0.25) is 5.60 Å². The second-order valence-electron chi connectivity index (χ2n) is 9.69. The lowest BCUT2D eigenvalue weighted by Crippen LogP contribution is -2.35. The van der Waals surface area contributed by atoms with Gasteiger partial charge in [0.1, 0.15) is 5.69 Å². The van der Waals surface area contributed by atoms with Gasteiger partial charge in [0.05, 0.1) is 22.8 Å². The summed E-state index contributed by atoms with van der Waals surface area (Å²) in [5.74, 6) is -0.466. The number of amides is 1. The van der Waals surface area contributed by atoms with Crippen molar-refractivity contribution in [2.24, 2.45) is 0 Å². The molecule has 9 nitrogen and oxygen atoms in total. The minimum absolute atomic E-state index is 0.0162. The number of halogens is 3. The number of aromatic nitrogens is 4. The molecule has 2 aliphatic heterocycles. The first-order chi connectivity index (χ1) is 18.1. The first kappa shape index (κ1) is 24.6. The van der Waals surface area contributed by atoms with E-state index in [0.29, 0.717) is 36.4 Å². The van der Waals surface area contributed by atoms with Gasteiger partial charge >= 0.3 is 6.18 Å². The van der Waals surface area contributed by atoms with Crippen LogP contribution in [0.1, 0.15) is 43.2 Å². The predicted octanol–water partition coefficient (Wildman–Crippen LogP) is 4.52. The van der Waals surface area contributed by atoms with Gasteiger partial charge in [-0.15, -0.1) is 0 Å². The molecule has 198 valence electrons. The number of fused-ring (bicyclic) bond motifs is 1. The Kier molecular flexibility index (Phi) is 5.76. The number of ether oxygens (including phenoxy) is 1. The number of hydrogen-bond donors (Lipinski definition) is 1. The number of likely N-dealkylation sites (tertiary alicyclic amines) is 1. The van der Waals surface area contributed by atoms with Crippen molar-refractivity contribution >= 4 is 16.9 Å². The van der Waals surface area contributed by atoms with Crippen LogP contribution >= 0.6 is 0 Å². The number of carbonyl (C=O) groups is 1. The average molecular weight is 528 g/mol. The monoisotopic (exact) mass is 527 g/mol. The van der Waals surface area contributed by atoms with Crippen LogP contribution in [0.4, 0.5) is 13.2 Å². The Hall–Kier alpha value is -3.77. The molecular weight excluding hydrogens is 503 g/mol. The van der Waals surface area contributed by atoms with E-state index in [2.05, 4.69) is 15.2 Å². The summed E-state index contributed by atoms with van der Waals surface area (Å²) in [5.41, 5.74) is -1.14. The molecule has 3 aromatic heterocycles. The number of likely N-dealkylation sites (N-methyl/N-ethyl adjacent to an activating group) is 1. The smallest absolute Gasteiger partial charge is 0.373 e. The third-order valence-electron chi connectivity index (χ3n) is 7.18. The highest BCUT2D eigenvalue weighted by Gasteiger charge is 2.48. The summed E-state index contributed by atoms with van der Waals surface area (Å²) in [5, 5.41) is 19.0. The zero-order valence-electron chi connectivity index (χ0n) is 20.4. The molecule has 0 spiro atoms. The van der Waals surface area contributed by atoms with Gasteiger partial charge in [0.25, 0.3) is 5.91 Å². The zero-order chi connectivity index (χ0) is 26.7. The largest absolute Gasteiger partial charge is 0.417 e. The Balaban J connectivity index is 1.41. The summed E-state index contributed by atoms with van der Waals surface area (Å²) in [7, 11) is 1.59. The highest BCUT2D eigenvalue weighted by molar-refractivity contribution is 5.88. The summed E-state index contributed by atoms with van der Waals surface area (Å²) >= 11 is 0. The highest BCUT2D eigenvalue weighted by atomic mass is 19.4. The number of rotatable bonds is 4. The molecular formula is C26H24F3N5O4. The fraction of sp³-hybridized carbons (Fsp3) is 0.385. The quantitative estimate of drug-likeness (QED) is 0.416. The van der Waals surface area contributed by atoms with Crippen LogP contribution in [0.3, 0.4) is 0 Å². The maximum Gasteiger partial charge on any atom is 0.417 e. The molecule has 1 amide bonds. The maximum atomic E-state index is 14.1. The van der Waals surface area contributed by atoms with E-state index in [4.69, 9.17) is 9.26 Å². The van der Waals surface area contributed by atoms with Crippen molar-refractivity contribution in [2.45, 2.75) is 43.7 Å². The summed E-state index contributed by atoms with van der Waals surface area (Å²) in [6, 6.07) is 9.16. The van der Waals surface area contributed by atoms with Crippen LogP contribution in [0.5, 0.6) is 0 Å². The number of hydrogen-bond acceptors (Lipinski definition) is 7. The Bertz CT molecular complexity index is 1520. The van der Waals surface area contributed by atoms with E-state index in [1.807, 2.05) is 0 Å². The normalized spacial score (nSPS) is 22.5. The molecule has 1 aromatic carbocycles. The van der Waals surface area contributed by atoms with Gasteiger partial charge in [-0.2, -0.15) is 18.3 Å². The lowest BCUT2D eigenvalue weighted by atomic mass is 9.97. The molecule has 12 heteroatoms. The molecule has 2 aliphatic rings. The lowest BCUT2D eigenvalue weighted by molar-refractivity contribution is -0.144. The van der Waals surface area contributed by atoms with Gasteiger partial charge in [-0.1, -0.05) is 23.4 Å². The van der Waals surface area contributed by atoms with Gasteiger partial charge in [-0.25, -0.2) is 9.67 Å². The summed E-state index contributed by atoms with van der Waals surface area (Å²) < 4.78 is 54.8. The number of benzene rings is 1. The number of aliphatic hydroxyl groups is 1. The summed E-state index contributed by atoms with van der Waals surface area (Å²) in [6.45, 7) is 0.885. The van der Waals surface area contributed by atoms with E-state index >= 15 is 0 Å². The molecule has 1 N–H and O–H groups in total. The minimum atomic E-state index is -4.62. The molecule has 4 aromatic rings. The molecule has 2 saturated heterocycles. The molecule has 6 rings (SSSR count). The van der Waals surface area contributed by atoms with Crippen LogP contribution in [0.2, 0.25) is 0 Å². The molecule has 0 aliphatic carbocycles. The Morgan fingerprint density at radius 3 is 2.61 bits per heavy atom. The van der Waals surface area contributed by atoms with E-state index in [9.17, 15) is 23.1 Å². The molecule has 2 atom stereocenters. The van der Waals surface area contributed by atoms with Gasteiger partial charge < -0.3 is 19.3 Å². The van der Waals surface area contributed by atoms with Crippen molar-refractivity contribution in [1.82, 2.24) is 24.8 Å². The first-order valence-corrected chi connectivity index (χ1v) is 12.3. The topological polar surface area (TPSA) is 107 Å². The third-order valence-corrected chi connectivity index (χ3v) is 7.18. The van der Waals surface area contributed by atoms with Crippen molar-refractivity contribution < 1.29 is 32.3 Å². The number of carbonyl (C=O) groups excluding carboxylic acids is 1. The second kappa shape index (κ2) is 8.91. The fourth-order valence-electron chi connectivity index (χ4n) is 5.05. The van der Waals surface area contributed by atoms with Crippen molar-refractivity contribution in [1.29, 1.82) is 0 Å². The number of alkyl halides is 3. The molecule has 2 fully saturated rings. The van der Waals surface area contributed by atoms with Crippen molar-refractivity contribution in [3.63, 3.8) is 0 Å². The number of nitrogens with zero attached hydrogens (tertiary/aromatic N) is 5. The Morgan fingerprint density at radius 2 is 1.92 bits per heavy atom. The van der Waals surface area contributed by atoms with Crippen molar-refractivity contribution in [3.8, 4) is 22.5 Å². The van der Waals surface area contributed by atoms with Crippen LogP contribution in [0.15, 0.2) is 47.1 Å². The molecule has 38 heavy (non-hydrogen) atoms. The maximum absolute atomic E-state index is 14.1. The average Bonchev–Trinajstić information content (AvgIpc) is 3.64. The Labute approximate surface area is 214 Å². The van der Waals surface area contributed by atoms with E-state index < -0.39 is 29.5 Å². The third kappa shape index (κ3) is 4.04. The van der Waals surface area contributed by atoms with Gasteiger partial charge in [-0.3, -0.25) is 4.79 Å². The van der Waals surface area contributed by atoms with Crippen molar-refractivity contribution in [3.05, 3.63) is 53.9 Å². The second-order valence-corrected chi connectivity index (χ2v) is 9.69. The van der Waals surface area contributed by atoms with Gasteiger partial charge in [0.15, 0.2) is 17.6 Å². The minimum Gasteiger partial charge on any atom is -0.373 e. The van der Waals surface area contributed by atoms with E-state index in [0.717, 1.165) is 18.9 Å². The standard InChI is InChI=1S/C26H24F3N5O4/c1-33-9-8-25(36,24(33)35)21-13-20(32-38-21)16-6-4-5-15(11-16)19-12-18(26(27,28)29)17-14-30-34(23(17)31-19)22-7-2-3-10-37-22/h4-6,11-14,22,36H,2-3,7-10H2,1H3/t22?,25-/m1/s1. The molecule has 0 radical (unpaired) electrons. The fourth-order valence-corrected chi connectivity index (χ4v) is 5.05. The first-order valence-electron chi connectivity index (χ1n) is 12.3. The van der Waals surface area contributed by atoms with E-state index in [1.165, 1.54) is 21.8 Å². The van der Waals surface area contributed by atoms with Crippen LogP contribution in [0, 0.1) is 0 Å². The lowest BCUT2D eigenvalue weighted by Gasteiger charge is -2.23. The van der Waals surface area contributed by atoms with Crippen LogP contribution in [0.25, 0.3) is 33.5 Å². The van der Waals surface area contributed by atoms with E-state index in [1.54, 1.807) is 31.3 Å². The van der Waals surface area contributed by atoms with Crippen molar-refractivity contribution in [2.75, 3.05) is 20.2 Å². The van der Waals surface area contributed by atoms with Gasteiger partial charge in [-0.05, 0) is 31.4 Å².